The van der Waals surface area contributed by atoms with Crippen LogP contribution in [0.2, 0.25) is 0 Å². The van der Waals surface area contributed by atoms with Crippen molar-refractivity contribution in [3.8, 4) is 0 Å². The van der Waals surface area contributed by atoms with E-state index in [0.29, 0.717) is 6.54 Å². The van der Waals surface area contributed by atoms with Crippen molar-refractivity contribution in [3.05, 3.63) is 0 Å². The summed E-state index contributed by atoms with van der Waals surface area (Å²) in [5.74, 6) is 1.17. The second-order valence-electron chi connectivity index (χ2n) is 4.85. The molecule has 0 heterocycles. The highest BCUT2D eigenvalue weighted by Crippen LogP contribution is 2.00. The molecule has 0 aromatic rings. The zero-order valence-corrected chi connectivity index (χ0v) is 11.3. The summed E-state index contributed by atoms with van der Waals surface area (Å²) >= 11 is 1.81. The first kappa shape index (κ1) is 14.8. The average molecular weight is 232 g/mol. The van der Waals surface area contributed by atoms with Gasteiger partial charge < -0.3 is 10.6 Å². The minimum Gasteiger partial charge on any atom is -0.353 e. The summed E-state index contributed by atoms with van der Waals surface area (Å²) in [6.45, 7) is 8.60. The van der Waals surface area contributed by atoms with Crippen molar-refractivity contribution in [3.63, 3.8) is 0 Å². The van der Waals surface area contributed by atoms with Crippen LogP contribution in [0.4, 0.5) is 0 Å². The Morgan fingerprint density at radius 1 is 1.40 bits per heavy atom. The van der Waals surface area contributed by atoms with Gasteiger partial charge in [0.05, 0.1) is 6.54 Å². The number of carbonyl (C=O) groups excluding carboxylic acids is 1. The van der Waals surface area contributed by atoms with Crippen molar-refractivity contribution in [2.45, 2.75) is 45.7 Å². The zero-order chi connectivity index (χ0) is 11.9. The Morgan fingerprint density at radius 3 is 2.47 bits per heavy atom. The molecule has 0 spiro atoms. The summed E-state index contributed by atoms with van der Waals surface area (Å²) in [7, 11) is 0. The summed E-state index contributed by atoms with van der Waals surface area (Å²) < 4.78 is 0. The van der Waals surface area contributed by atoms with Gasteiger partial charge in [-0.25, -0.2) is 0 Å². The van der Waals surface area contributed by atoms with Crippen molar-refractivity contribution in [1.82, 2.24) is 10.6 Å². The Balaban J connectivity index is 3.64. The number of hydrogen-bond acceptors (Lipinski definition) is 3. The van der Waals surface area contributed by atoms with Crippen molar-refractivity contribution in [2.75, 3.05) is 18.6 Å². The third-order valence-corrected chi connectivity index (χ3v) is 2.59. The molecule has 0 saturated carbocycles. The Labute approximate surface area is 97.8 Å². The first-order chi connectivity index (χ1) is 6.85. The fourth-order valence-electron chi connectivity index (χ4n) is 1.04. The smallest absolute Gasteiger partial charge is 0.234 e. The van der Waals surface area contributed by atoms with E-state index >= 15 is 0 Å². The first-order valence-electron chi connectivity index (χ1n) is 5.38. The van der Waals surface area contributed by atoms with Crippen molar-refractivity contribution in [2.24, 2.45) is 0 Å². The molecular weight excluding hydrogens is 208 g/mol. The van der Waals surface area contributed by atoms with Crippen LogP contribution < -0.4 is 10.6 Å². The molecule has 0 saturated heterocycles. The lowest BCUT2D eigenvalue weighted by Crippen LogP contribution is -2.45. The van der Waals surface area contributed by atoms with Crippen LogP contribution in [0.3, 0.4) is 0 Å². The van der Waals surface area contributed by atoms with Gasteiger partial charge in [-0.2, -0.15) is 11.8 Å². The summed E-state index contributed by atoms with van der Waals surface area (Å²) in [6.07, 6.45) is 3.11. The van der Waals surface area contributed by atoms with E-state index in [1.165, 1.54) is 0 Å². The minimum absolute atomic E-state index is 0.000150. The van der Waals surface area contributed by atoms with Crippen LogP contribution in [0.1, 0.15) is 34.1 Å². The number of amides is 1. The van der Waals surface area contributed by atoms with Gasteiger partial charge in [0, 0.05) is 11.6 Å². The highest BCUT2D eigenvalue weighted by atomic mass is 32.2. The van der Waals surface area contributed by atoms with E-state index in [9.17, 15) is 4.79 Å². The van der Waals surface area contributed by atoms with Crippen LogP contribution >= 0.6 is 11.8 Å². The van der Waals surface area contributed by atoms with Crippen LogP contribution in [0, 0.1) is 0 Å². The molecule has 3 nitrogen and oxygen atoms in total. The van der Waals surface area contributed by atoms with E-state index in [0.717, 1.165) is 12.2 Å². The van der Waals surface area contributed by atoms with E-state index < -0.39 is 0 Å². The molecule has 4 heteroatoms. The minimum atomic E-state index is -0.000150. The summed E-state index contributed by atoms with van der Waals surface area (Å²) in [5.41, 5.74) is -0.000150. The standard InChI is InChI=1S/C11H24N2OS/c1-9(6-7-15-5)13-10(14)8-12-11(2,3)4/h9,12H,6-8H2,1-5H3,(H,13,14). The number of thioether (sulfide) groups is 1. The number of hydrogen-bond donors (Lipinski definition) is 2. The molecule has 0 aliphatic carbocycles. The van der Waals surface area contributed by atoms with E-state index in [2.05, 4.69) is 37.7 Å². The lowest BCUT2D eigenvalue weighted by atomic mass is 10.1. The third kappa shape index (κ3) is 10.1. The summed E-state index contributed by atoms with van der Waals surface area (Å²) in [4.78, 5) is 11.5. The first-order valence-corrected chi connectivity index (χ1v) is 6.78. The largest absolute Gasteiger partial charge is 0.353 e. The van der Waals surface area contributed by atoms with Gasteiger partial charge in [0.15, 0.2) is 0 Å². The molecule has 0 fully saturated rings. The molecule has 15 heavy (non-hydrogen) atoms. The van der Waals surface area contributed by atoms with Gasteiger partial charge in [-0.15, -0.1) is 0 Å². The SMILES string of the molecule is CSCCC(C)NC(=O)CNC(C)(C)C. The van der Waals surface area contributed by atoms with Crippen molar-refractivity contribution < 1.29 is 4.79 Å². The molecule has 0 radical (unpaired) electrons. The van der Waals surface area contributed by atoms with Crippen LogP contribution in [0.15, 0.2) is 0 Å². The Morgan fingerprint density at radius 2 is 2.00 bits per heavy atom. The van der Waals surface area contributed by atoms with E-state index in [4.69, 9.17) is 0 Å². The maximum absolute atomic E-state index is 11.5. The molecular formula is C11H24N2OS. The fraction of sp³-hybridized carbons (Fsp3) is 0.909. The Hall–Kier alpha value is -0.220. The predicted octanol–water partition coefficient (Wildman–Crippen LogP) is 1.63. The Kier molecular flexibility index (Phi) is 7.02. The van der Waals surface area contributed by atoms with Gasteiger partial charge in [0.2, 0.25) is 5.91 Å². The van der Waals surface area contributed by atoms with Gasteiger partial charge in [-0.1, -0.05) is 0 Å². The Bertz CT molecular complexity index is 190. The molecule has 1 atom stereocenters. The summed E-state index contributed by atoms with van der Waals surface area (Å²) in [6, 6.07) is 0.270. The maximum Gasteiger partial charge on any atom is 0.234 e. The van der Waals surface area contributed by atoms with Gasteiger partial charge in [-0.05, 0) is 46.1 Å². The molecule has 0 bridgehead atoms. The fourth-order valence-corrected chi connectivity index (χ4v) is 1.63. The molecule has 0 aromatic heterocycles. The molecule has 2 N–H and O–H groups in total. The monoisotopic (exact) mass is 232 g/mol. The topological polar surface area (TPSA) is 41.1 Å². The lowest BCUT2D eigenvalue weighted by Gasteiger charge is -2.21. The predicted molar refractivity (Wildman–Crippen MR) is 68.4 cm³/mol. The van der Waals surface area contributed by atoms with E-state index in [1.807, 2.05) is 18.7 Å². The quantitative estimate of drug-likeness (QED) is 0.731. The molecule has 0 aromatic carbocycles. The van der Waals surface area contributed by atoms with Crippen LogP contribution in [-0.4, -0.2) is 36.0 Å². The molecule has 0 rings (SSSR count). The van der Waals surface area contributed by atoms with Gasteiger partial charge in [0.1, 0.15) is 0 Å². The van der Waals surface area contributed by atoms with E-state index in [-0.39, 0.29) is 17.5 Å². The molecule has 0 aliphatic heterocycles. The van der Waals surface area contributed by atoms with Crippen LogP contribution in [0.25, 0.3) is 0 Å². The zero-order valence-electron chi connectivity index (χ0n) is 10.5. The van der Waals surface area contributed by atoms with Crippen LogP contribution in [-0.2, 0) is 4.79 Å². The number of nitrogens with one attached hydrogen (secondary N) is 2. The van der Waals surface area contributed by atoms with Crippen molar-refractivity contribution in [1.29, 1.82) is 0 Å². The highest BCUT2D eigenvalue weighted by molar-refractivity contribution is 7.98. The van der Waals surface area contributed by atoms with E-state index in [1.54, 1.807) is 0 Å². The van der Waals surface area contributed by atoms with Crippen LogP contribution in [0.5, 0.6) is 0 Å². The van der Waals surface area contributed by atoms with Crippen molar-refractivity contribution >= 4 is 17.7 Å². The second-order valence-corrected chi connectivity index (χ2v) is 5.84. The third-order valence-electron chi connectivity index (χ3n) is 1.94. The normalized spacial score (nSPS) is 13.7. The highest BCUT2D eigenvalue weighted by Gasteiger charge is 2.12. The lowest BCUT2D eigenvalue weighted by molar-refractivity contribution is -0.121. The molecule has 1 unspecified atom stereocenters. The molecule has 1 amide bonds. The second kappa shape index (κ2) is 7.12. The average Bonchev–Trinajstić information content (AvgIpc) is 2.10. The summed E-state index contributed by atoms with van der Waals surface area (Å²) in [5, 5.41) is 6.14. The maximum atomic E-state index is 11.5. The van der Waals surface area contributed by atoms with Gasteiger partial charge in [0.25, 0.3) is 0 Å². The van der Waals surface area contributed by atoms with Gasteiger partial charge in [-0.3, -0.25) is 4.79 Å². The number of rotatable bonds is 6. The van der Waals surface area contributed by atoms with Gasteiger partial charge >= 0.3 is 0 Å². The molecule has 0 aliphatic rings. The molecule has 90 valence electrons. The number of carbonyl (C=O) groups is 1.